The van der Waals surface area contributed by atoms with Crippen LogP contribution in [0.1, 0.15) is 48.6 Å². The summed E-state index contributed by atoms with van der Waals surface area (Å²) in [6.07, 6.45) is 2.43. The Bertz CT molecular complexity index is 1490. The monoisotopic (exact) mass is 576 g/mol. The number of halogens is 2. The predicted octanol–water partition coefficient (Wildman–Crippen LogP) is 4.74. The predicted molar refractivity (Wildman–Crippen MR) is 155 cm³/mol. The van der Waals surface area contributed by atoms with Gasteiger partial charge in [-0.3, -0.25) is 4.90 Å². The number of fused-ring (bicyclic) bond motifs is 3. The zero-order valence-electron chi connectivity index (χ0n) is 23.0. The molecule has 0 spiro atoms. The van der Waals surface area contributed by atoms with E-state index in [9.17, 15) is 9.65 Å². The molecule has 214 valence electrons. The molecule has 10 heteroatoms. The lowest BCUT2D eigenvalue weighted by Crippen LogP contribution is -2.51. The summed E-state index contributed by atoms with van der Waals surface area (Å²) in [6.45, 7) is 4.32. The summed E-state index contributed by atoms with van der Waals surface area (Å²) >= 11 is 6.66. The number of aromatic nitrogens is 2. The highest BCUT2D eigenvalue weighted by molar-refractivity contribution is 6.35. The number of ether oxygens (including phenoxy) is 2. The summed E-state index contributed by atoms with van der Waals surface area (Å²) in [4.78, 5) is 14.3. The molecule has 0 saturated carbocycles. The zero-order chi connectivity index (χ0) is 28.0. The van der Waals surface area contributed by atoms with Crippen LogP contribution < -0.4 is 15.0 Å². The van der Waals surface area contributed by atoms with E-state index in [1.165, 1.54) is 0 Å². The first-order valence-corrected chi connectivity index (χ1v) is 15.0. The topological polar surface area (TPSA) is 86.5 Å². The van der Waals surface area contributed by atoms with Gasteiger partial charge in [-0.25, -0.2) is 4.39 Å². The van der Waals surface area contributed by atoms with Crippen molar-refractivity contribution >= 4 is 28.2 Å². The van der Waals surface area contributed by atoms with Gasteiger partial charge in [0.2, 0.25) is 0 Å². The van der Waals surface area contributed by atoms with Crippen LogP contribution in [0.4, 0.5) is 10.2 Å². The standard InChI is InChI=1S/C31H34ClFN6O2/c32-25-7-2-5-20-4-1-6-23(28(20)25)27-14-26-24(18-40-27)29(38-13-11-35-22(17-38)8-10-34)37-30(36-26)41-19-31-9-3-12-39(31)16-21(33)15-31/h1-2,4-7,21-22,27,35H,3,8-9,11-19H2/t21-,22+,27+,31+/m1/s1. The Kier molecular flexibility index (Phi) is 7.20. The van der Waals surface area contributed by atoms with Gasteiger partial charge in [-0.2, -0.15) is 15.2 Å². The van der Waals surface area contributed by atoms with Crippen LogP contribution in [-0.4, -0.2) is 72.0 Å². The molecule has 2 aromatic carbocycles. The molecule has 4 aliphatic heterocycles. The molecule has 8 nitrogen and oxygen atoms in total. The third-order valence-corrected chi connectivity index (χ3v) is 9.53. The second kappa shape index (κ2) is 11.0. The molecule has 1 N–H and O–H groups in total. The average Bonchev–Trinajstić information content (AvgIpc) is 3.51. The number of anilines is 1. The van der Waals surface area contributed by atoms with E-state index in [1.54, 1.807) is 0 Å². The fraction of sp³-hybridized carbons (Fsp3) is 0.516. The highest BCUT2D eigenvalue weighted by Gasteiger charge is 2.49. The summed E-state index contributed by atoms with van der Waals surface area (Å²) in [5.74, 6) is 0.805. The number of nitrogens with zero attached hydrogens (tertiary/aromatic N) is 5. The summed E-state index contributed by atoms with van der Waals surface area (Å²) in [6, 6.07) is 14.8. The molecule has 4 atom stereocenters. The number of nitriles is 1. The van der Waals surface area contributed by atoms with Crippen molar-refractivity contribution in [2.75, 3.05) is 44.2 Å². The summed E-state index contributed by atoms with van der Waals surface area (Å²) < 4.78 is 27.2. The summed E-state index contributed by atoms with van der Waals surface area (Å²) in [7, 11) is 0. The third kappa shape index (κ3) is 5.01. The minimum absolute atomic E-state index is 0.0599. The first kappa shape index (κ1) is 26.8. The van der Waals surface area contributed by atoms with Crippen molar-refractivity contribution in [3.63, 3.8) is 0 Å². The van der Waals surface area contributed by atoms with Crippen LogP contribution in [-0.2, 0) is 17.8 Å². The molecule has 5 heterocycles. The van der Waals surface area contributed by atoms with E-state index in [0.717, 1.165) is 65.9 Å². The molecule has 3 fully saturated rings. The molecule has 0 amide bonds. The van der Waals surface area contributed by atoms with Crippen molar-refractivity contribution < 1.29 is 13.9 Å². The molecular weight excluding hydrogens is 543 g/mol. The molecule has 0 bridgehead atoms. The molecule has 3 saturated heterocycles. The molecule has 3 aromatic rings. The second-order valence-electron chi connectivity index (χ2n) is 11.8. The van der Waals surface area contributed by atoms with Crippen LogP contribution >= 0.6 is 11.6 Å². The third-order valence-electron chi connectivity index (χ3n) is 9.21. The molecular formula is C31H34ClFN6O2. The van der Waals surface area contributed by atoms with Crippen LogP contribution in [0, 0.1) is 11.3 Å². The van der Waals surface area contributed by atoms with Gasteiger partial charge in [0.1, 0.15) is 18.6 Å². The van der Waals surface area contributed by atoms with Gasteiger partial charge in [0.15, 0.2) is 0 Å². The van der Waals surface area contributed by atoms with E-state index in [-0.39, 0.29) is 17.7 Å². The van der Waals surface area contributed by atoms with Crippen LogP contribution in [0.25, 0.3) is 10.8 Å². The van der Waals surface area contributed by atoms with Gasteiger partial charge in [0.25, 0.3) is 0 Å². The normalized spacial score (nSPS) is 27.9. The Hall–Kier alpha value is -3.03. The zero-order valence-corrected chi connectivity index (χ0v) is 23.7. The van der Waals surface area contributed by atoms with Gasteiger partial charge in [0.05, 0.1) is 36.4 Å². The highest BCUT2D eigenvalue weighted by Crippen LogP contribution is 2.42. The average molecular weight is 577 g/mol. The number of rotatable bonds is 6. The maximum absolute atomic E-state index is 14.4. The van der Waals surface area contributed by atoms with Crippen molar-refractivity contribution in [1.82, 2.24) is 20.2 Å². The lowest BCUT2D eigenvalue weighted by molar-refractivity contribution is 0.0263. The van der Waals surface area contributed by atoms with E-state index in [0.29, 0.717) is 56.6 Å². The Labute approximate surface area is 244 Å². The van der Waals surface area contributed by atoms with Crippen molar-refractivity contribution in [3.05, 3.63) is 58.2 Å². The van der Waals surface area contributed by atoms with Gasteiger partial charge in [-0.1, -0.05) is 41.9 Å². The van der Waals surface area contributed by atoms with Gasteiger partial charge in [-0.15, -0.1) is 0 Å². The minimum Gasteiger partial charge on any atom is -0.461 e. The van der Waals surface area contributed by atoms with Crippen molar-refractivity contribution in [2.24, 2.45) is 0 Å². The first-order chi connectivity index (χ1) is 20.0. The van der Waals surface area contributed by atoms with Crippen LogP contribution in [0.2, 0.25) is 5.02 Å². The van der Waals surface area contributed by atoms with Crippen molar-refractivity contribution in [3.8, 4) is 12.1 Å². The molecule has 7 rings (SSSR count). The molecule has 1 aromatic heterocycles. The van der Waals surface area contributed by atoms with Crippen molar-refractivity contribution in [1.29, 1.82) is 5.26 Å². The van der Waals surface area contributed by atoms with Crippen molar-refractivity contribution in [2.45, 2.75) is 62.6 Å². The quantitative estimate of drug-likeness (QED) is 0.450. The summed E-state index contributed by atoms with van der Waals surface area (Å²) in [5.41, 5.74) is 2.62. The Morgan fingerprint density at radius 2 is 2.07 bits per heavy atom. The van der Waals surface area contributed by atoms with Gasteiger partial charge < -0.3 is 19.7 Å². The number of benzene rings is 2. The van der Waals surface area contributed by atoms with Crippen LogP contribution in [0.3, 0.4) is 0 Å². The lowest BCUT2D eigenvalue weighted by Gasteiger charge is -2.36. The molecule has 0 unspecified atom stereocenters. The SMILES string of the molecule is N#CC[C@H]1CN(c2nc(OC[C@@]34CCCN3C[C@H](F)C4)nc3c2CO[C@H](c2cccc4cccc(Cl)c24)C3)CCN1. The largest absolute Gasteiger partial charge is 0.461 e. The molecule has 4 aliphatic rings. The maximum Gasteiger partial charge on any atom is 0.318 e. The van der Waals surface area contributed by atoms with Gasteiger partial charge in [0, 0.05) is 61.0 Å². The van der Waals surface area contributed by atoms with E-state index in [4.69, 9.17) is 31.0 Å². The van der Waals surface area contributed by atoms with Crippen LogP contribution in [0.15, 0.2) is 36.4 Å². The Morgan fingerprint density at radius 1 is 1.20 bits per heavy atom. The first-order valence-electron chi connectivity index (χ1n) is 14.6. The Balaban J connectivity index is 1.23. The molecule has 0 aliphatic carbocycles. The van der Waals surface area contributed by atoms with E-state index in [2.05, 4.69) is 39.4 Å². The fourth-order valence-electron chi connectivity index (χ4n) is 7.26. The summed E-state index contributed by atoms with van der Waals surface area (Å²) in [5, 5.41) is 15.5. The van der Waals surface area contributed by atoms with E-state index >= 15 is 0 Å². The lowest BCUT2D eigenvalue weighted by atomic mass is 9.94. The molecule has 41 heavy (non-hydrogen) atoms. The fourth-order valence-corrected chi connectivity index (χ4v) is 7.55. The van der Waals surface area contributed by atoms with Gasteiger partial charge in [-0.05, 0) is 36.4 Å². The maximum atomic E-state index is 14.4. The number of nitrogens with one attached hydrogen (secondary N) is 1. The number of alkyl halides is 1. The number of hydrogen-bond acceptors (Lipinski definition) is 8. The van der Waals surface area contributed by atoms with Gasteiger partial charge >= 0.3 is 6.01 Å². The molecule has 0 radical (unpaired) electrons. The van der Waals surface area contributed by atoms with Crippen LogP contribution in [0.5, 0.6) is 6.01 Å². The number of piperazine rings is 1. The number of hydrogen-bond donors (Lipinski definition) is 1. The highest BCUT2D eigenvalue weighted by atomic mass is 35.5. The Morgan fingerprint density at radius 3 is 2.95 bits per heavy atom. The minimum atomic E-state index is -0.817. The second-order valence-corrected chi connectivity index (χ2v) is 12.2. The smallest absolute Gasteiger partial charge is 0.318 e. The van der Waals surface area contributed by atoms with E-state index in [1.807, 2.05) is 18.2 Å². The van der Waals surface area contributed by atoms with E-state index < -0.39 is 6.17 Å².